The third-order valence-electron chi connectivity index (χ3n) is 8.14. The summed E-state index contributed by atoms with van der Waals surface area (Å²) < 4.78 is 0. The molecule has 5 heteroatoms. The van der Waals surface area contributed by atoms with Crippen molar-refractivity contribution in [1.82, 2.24) is 21.3 Å². The quantitative estimate of drug-likeness (QED) is 0.529. The van der Waals surface area contributed by atoms with Crippen molar-refractivity contribution in [2.45, 2.75) is 123 Å². The summed E-state index contributed by atoms with van der Waals surface area (Å²) in [7, 11) is 0. The van der Waals surface area contributed by atoms with Gasteiger partial charge < -0.3 is 21.3 Å². The van der Waals surface area contributed by atoms with Crippen LogP contribution in [-0.2, 0) is 0 Å². The Hall–Kier alpha value is 0.190. The van der Waals surface area contributed by atoms with E-state index in [0.29, 0.717) is 0 Å². The lowest BCUT2D eigenvalue weighted by Crippen LogP contribution is -2.58. The van der Waals surface area contributed by atoms with Gasteiger partial charge in [0.2, 0.25) is 0 Å². The molecule has 25 heavy (non-hydrogen) atoms. The highest BCUT2D eigenvalue weighted by molar-refractivity contribution is 8.00. The van der Waals surface area contributed by atoms with Gasteiger partial charge in [-0.1, -0.05) is 0 Å². The van der Waals surface area contributed by atoms with E-state index < -0.39 is 0 Å². The summed E-state index contributed by atoms with van der Waals surface area (Å²) in [5.41, 5.74) is 0. The molecule has 140 valence electrons. The van der Waals surface area contributed by atoms with Gasteiger partial charge in [-0.15, -0.1) is 11.8 Å². The van der Waals surface area contributed by atoms with E-state index in [9.17, 15) is 0 Å². The first-order valence-electron chi connectivity index (χ1n) is 11.0. The molecule has 6 aliphatic rings. The molecule has 0 spiro atoms. The second kappa shape index (κ2) is 6.37. The van der Waals surface area contributed by atoms with E-state index >= 15 is 0 Å². The SMILES string of the molecule is C1CC2CC3CCC(N3)C3SC(C4CCC(CC1N2)N4)C1CCC3N1. The zero-order valence-corrected chi connectivity index (χ0v) is 16.1. The van der Waals surface area contributed by atoms with Gasteiger partial charge in [0.15, 0.2) is 0 Å². The van der Waals surface area contributed by atoms with E-state index in [1.54, 1.807) is 0 Å². The van der Waals surface area contributed by atoms with Gasteiger partial charge in [0, 0.05) is 58.8 Å². The molecule has 6 rings (SSSR count). The van der Waals surface area contributed by atoms with Crippen molar-refractivity contribution in [3.05, 3.63) is 0 Å². The van der Waals surface area contributed by atoms with Gasteiger partial charge in [-0.05, 0) is 64.2 Å². The molecular formula is C20H34N4S. The van der Waals surface area contributed by atoms with Crippen molar-refractivity contribution < 1.29 is 0 Å². The van der Waals surface area contributed by atoms with E-state index in [4.69, 9.17) is 0 Å². The molecule has 10 bridgehead atoms. The molecule has 6 saturated heterocycles. The predicted molar refractivity (Wildman–Crippen MR) is 104 cm³/mol. The minimum atomic E-state index is 0.742. The van der Waals surface area contributed by atoms with Gasteiger partial charge in [-0.3, -0.25) is 0 Å². The number of thioether (sulfide) groups is 1. The van der Waals surface area contributed by atoms with Gasteiger partial charge in [-0.25, -0.2) is 0 Å². The van der Waals surface area contributed by atoms with Crippen LogP contribution >= 0.6 is 11.8 Å². The van der Waals surface area contributed by atoms with Crippen molar-refractivity contribution in [1.29, 1.82) is 0 Å². The summed E-state index contributed by atoms with van der Waals surface area (Å²) in [6, 6.07) is 6.07. The Bertz CT molecular complexity index is 474. The van der Waals surface area contributed by atoms with Crippen molar-refractivity contribution in [3.63, 3.8) is 0 Å². The largest absolute Gasteiger partial charge is 0.311 e. The molecule has 4 nitrogen and oxygen atoms in total. The average Bonchev–Trinajstić information content (AvgIpc) is 3.38. The Morgan fingerprint density at radius 3 is 1.40 bits per heavy atom. The molecule has 0 radical (unpaired) electrons. The van der Waals surface area contributed by atoms with Gasteiger partial charge in [0.25, 0.3) is 0 Å². The maximum atomic E-state index is 4.09. The number of hydrogen-bond acceptors (Lipinski definition) is 5. The van der Waals surface area contributed by atoms with Crippen LogP contribution in [0.25, 0.3) is 0 Å². The topological polar surface area (TPSA) is 48.1 Å². The van der Waals surface area contributed by atoms with Crippen molar-refractivity contribution in [2.75, 3.05) is 0 Å². The maximum absolute atomic E-state index is 4.09. The first-order valence-corrected chi connectivity index (χ1v) is 12.0. The fourth-order valence-electron chi connectivity index (χ4n) is 6.99. The number of rotatable bonds is 0. The Kier molecular flexibility index (Phi) is 4.12. The standard InChI is InChI=1S/C20H34N4S/c1-2-12-10-14-4-6-16(23-14)20-18-8-7-17(24-18)19(25-20)15-5-3-13(22-15)9-11(1)21-12/h11-24H,1-10H2. The van der Waals surface area contributed by atoms with Crippen molar-refractivity contribution in [3.8, 4) is 0 Å². The van der Waals surface area contributed by atoms with E-state index in [1.807, 2.05) is 0 Å². The fourth-order valence-corrected chi connectivity index (χ4v) is 8.97. The third-order valence-corrected chi connectivity index (χ3v) is 10.1. The van der Waals surface area contributed by atoms with Gasteiger partial charge in [0.1, 0.15) is 0 Å². The molecule has 6 fully saturated rings. The molecule has 10 unspecified atom stereocenters. The maximum Gasteiger partial charge on any atom is 0.0358 e. The second-order valence-electron chi connectivity index (χ2n) is 9.73. The summed E-state index contributed by atoms with van der Waals surface area (Å²) in [5.74, 6) is 0. The molecule has 0 amide bonds. The molecule has 0 saturated carbocycles. The monoisotopic (exact) mass is 362 g/mol. The number of nitrogens with one attached hydrogen (secondary N) is 4. The molecule has 0 aliphatic carbocycles. The van der Waals surface area contributed by atoms with Crippen LogP contribution in [0.1, 0.15) is 64.2 Å². The molecule has 4 N–H and O–H groups in total. The number of hydrogen-bond donors (Lipinski definition) is 4. The highest BCUT2D eigenvalue weighted by atomic mass is 32.2. The summed E-state index contributed by atoms with van der Waals surface area (Å²) in [6.07, 6.45) is 13.9. The van der Waals surface area contributed by atoms with Crippen LogP contribution in [0.15, 0.2) is 0 Å². The lowest BCUT2D eigenvalue weighted by molar-refractivity contribution is 0.364. The second-order valence-corrected chi connectivity index (χ2v) is 11.1. The Balaban J connectivity index is 1.28. The summed E-state index contributed by atoms with van der Waals surface area (Å²) in [4.78, 5) is 0. The molecule has 6 aliphatic heterocycles. The fraction of sp³-hybridized carbons (Fsp3) is 1.00. The lowest BCUT2D eigenvalue weighted by atomic mass is 10.0. The Morgan fingerprint density at radius 1 is 0.440 bits per heavy atom. The summed E-state index contributed by atoms with van der Waals surface area (Å²) in [5, 5.41) is 17.8. The van der Waals surface area contributed by atoms with Crippen molar-refractivity contribution >= 4 is 11.8 Å². The van der Waals surface area contributed by atoms with Gasteiger partial charge in [-0.2, -0.15) is 0 Å². The molecule has 0 aromatic rings. The van der Waals surface area contributed by atoms with Crippen LogP contribution in [-0.4, -0.2) is 58.8 Å². The Labute approximate surface area is 156 Å². The highest BCUT2D eigenvalue weighted by Crippen LogP contribution is 2.44. The zero-order chi connectivity index (χ0) is 16.4. The molecule has 0 aromatic carbocycles. The minimum Gasteiger partial charge on any atom is -0.311 e. The normalized spacial score (nSPS) is 57.6. The van der Waals surface area contributed by atoms with Crippen LogP contribution in [0.3, 0.4) is 0 Å². The number of fused-ring (bicyclic) bond motifs is 14. The first-order chi connectivity index (χ1) is 12.3. The average molecular weight is 363 g/mol. The third kappa shape index (κ3) is 2.89. The van der Waals surface area contributed by atoms with E-state index in [-0.39, 0.29) is 0 Å². The Morgan fingerprint density at radius 2 is 0.840 bits per heavy atom. The first kappa shape index (κ1) is 16.2. The van der Waals surface area contributed by atoms with E-state index in [2.05, 4.69) is 33.0 Å². The minimum absolute atomic E-state index is 0.742. The molecule has 6 heterocycles. The lowest BCUT2D eigenvalue weighted by Gasteiger charge is -2.42. The smallest absolute Gasteiger partial charge is 0.0358 e. The molecular weight excluding hydrogens is 328 g/mol. The van der Waals surface area contributed by atoms with Crippen LogP contribution in [0, 0.1) is 0 Å². The summed E-state index contributed by atoms with van der Waals surface area (Å²) >= 11 is 2.37. The van der Waals surface area contributed by atoms with Crippen LogP contribution in [0.2, 0.25) is 0 Å². The van der Waals surface area contributed by atoms with Crippen LogP contribution in [0.5, 0.6) is 0 Å². The molecule has 0 aromatic heterocycles. The predicted octanol–water partition coefficient (Wildman–Crippen LogP) is 1.75. The van der Waals surface area contributed by atoms with Crippen molar-refractivity contribution in [2.24, 2.45) is 0 Å². The molecule has 10 atom stereocenters. The summed E-state index contributed by atoms with van der Waals surface area (Å²) in [6.45, 7) is 0. The van der Waals surface area contributed by atoms with Crippen LogP contribution < -0.4 is 21.3 Å². The zero-order valence-electron chi connectivity index (χ0n) is 15.3. The van der Waals surface area contributed by atoms with Gasteiger partial charge >= 0.3 is 0 Å². The van der Waals surface area contributed by atoms with Crippen LogP contribution in [0.4, 0.5) is 0 Å². The highest BCUT2D eigenvalue weighted by Gasteiger charge is 2.49. The van der Waals surface area contributed by atoms with E-state index in [0.717, 1.165) is 58.8 Å². The van der Waals surface area contributed by atoms with Gasteiger partial charge in [0.05, 0.1) is 0 Å². The van der Waals surface area contributed by atoms with E-state index in [1.165, 1.54) is 64.2 Å².